The monoisotopic (exact) mass is 252 g/mol. The Kier molecular flexibility index (Phi) is 5.82. The fourth-order valence-electron chi connectivity index (χ4n) is 1.64. The predicted molar refractivity (Wildman–Crippen MR) is 69.1 cm³/mol. The third-order valence-corrected chi connectivity index (χ3v) is 2.47. The molecule has 0 unspecified atom stereocenters. The molecule has 0 aromatic heterocycles. The van der Waals surface area contributed by atoms with Crippen molar-refractivity contribution in [2.24, 2.45) is 0 Å². The molecular weight excluding hydrogens is 232 g/mol. The van der Waals surface area contributed by atoms with Crippen LogP contribution in [0, 0.1) is 6.92 Å². The predicted octanol–water partition coefficient (Wildman–Crippen LogP) is 2.59. The van der Waals surface area contributed by atoms with Crippen LogP contribution < -0.4 is 4.74 Å². The molecule has 100 valence electrons. The van der Waals surface area contributed by atoms with Gasteiger partial charge in [0.05, 0.1) is 12.7 Å². The van der Waals surface area contributed by atoms with Crippen molar-refractivity contribution in [3.63, 3.8) is 0 Å². The summed E-state index contributed by atoms with van der Waals surface area (Å²) in [7, 11) is 1.54. The summed E-state index contributed by atoms with van der Waals surface area (Å²) in [4.78, 5) is 12.3. The van der Waals surface area contributed by atoms with Crippen LogP contribution in [0.2, 0.25) is 0 Å². The smallest absolute Gasteiger partial charge is 0.222 e. The number of rotatable bonds is 7. The van der Waals surface area contributed by atoms with Crippen molar-refractivity contribution in [2.45, 2.75) is 27.1 Å². The second kappa shape index (κ2) is 7.13. The minimum absolute atomic E-state index is 0.209. The van der Waals surface area contributed by atoms with Gasteiger partial charge < -0.3 is 14.2 Å². The van der Waals surface area contributed by atoms with Gasteiger partial charge in [0.2, 0.25) is 12.1 Å². The van der Waals surface area contributed by atoms with Crippen LogP contribution in [0.3, 0.4) is 0 Å². The number of carbonyl (C=O) groups excluding carboxylic acids is 1. The Hall–Kier alpha value is -1.39. The summed E-state index contributed by atoms with van der Waals surface area (Å²) in [6, 6.07) is 5.45. The molecule has 1 aromatic carbocycles. The molecule has 0 amide bonds. The van der Waals surface area contributed by atoms with Crippen LogP contribution in [-0.2, 0) is 9.47 Å². The summed E-state index contributed by atoms with van der Waals surface area (Å²) >= 11 is 0. The second-order valence-electron chi connectivity index (χ2n) is 3.81. The largest absolute Gasteiger partial charge is 0.496 e. The number of hydrogen-bond donors (Lipinski definition) is 0. The fourth-order valence-corrected chi connectivity index (χ4v) is 1.64. The highest BCUT2D eigenvalue weighted by Crippen LogP contribution is 2.22. The molecule has 0 spiro atoms. The maximum Gasteiger partial charge on any atom is 0.222 e. The zero-order valence-electron chi connectivity index (χ0n) is 11.4. The molecule has 1 aromatic rings. The fraction of sp³-hybridized carbons (Fsp3) is 0.500. The SMILES string of the molecule is CCOC(OCC)C(=O)c1cc(C)ccc1OC. The first kappa shape index (κ1) is 14.7. The molecule has 0 fully saturated rings. The van der Waals surface area contributed by atoms with Crippen LogP contribution in [-0.4, -0.2) is 32.4 Å². The topological polar surface area (TPSA) is 44.8 Å². The first-order valence-corrected chi connectivity index (χ1v) is 6.06. The van der Waals surface area contributed by atoms with E-state index in [-0.39, 0.29) is 5.78 Å². The summed E-state index contributed by atoms with van der Waals surface area (Å²) < 4.78 is 15.8. The van der Waals surface area contributed by atoms with Crippen molar-refractivity contribution in [2.75, 3.05) is 20.3 Å². The number of ether oxygens (including phenoxy) is 3. The maximum absolute atomic E-state index is 12.3. The molecule has 0 heterocycles. The van der Waals surface area contributed by atoms with Crippen molar-refractivity contribution < 1.29 is 19.0 Å². The number of benzene rings is 1. The molecule has 0 saturated carbocycles. The number of aryl methyl sites for hydroxylation is 1. The van der Waals surface area contributed by atoms with Gasteiger partial charge in [-0.1, -0.05) is 11.6 Å². The van der Waals surface area contributed by atoms with E-state index in [2.05, 4.69) is 0 Å². The Morgan fingerprint density at radius 1 is 1.22 bits per heavy atom. The minimum atomic E-state index is -0.865. The van der Waals surface area contributed by atoms with Crippen LogP contribution in [0.4, 0.5) is 0 Å². The number of Topliss-reactive ketones (excluding diaryl/α,β-unsaturated/α-hetero) is 1. The third-order valence-electron chi connectivity index (χ3n) is 2.47. The lowest BCUT2D eigenvalue weighted by molar-refractivity contribution is -0.107. The third kappa shape index (κ3) is 3.55. The van der Waals surface area contributed by atoms with Crippen LogP contribution in [0.15, 0.2) is 18.2 Å². The highest BCUT2D eigenvalue weighted by atomic mass is 16.7. The van der Waals surface area contributed by atoms with E-state index in [0.717, 1.165) is 5.56 Å². The van der Waals surface area contributed by atoms with Gasteiger partial charge in [-0.15, -0.1) is 0 Å². The number of ketones is 1. The van der Waals surface area contributed by atoms with Crippen LogP contribution >= 0.6 is 0 Å². The summed E-state index contributed by atoms with van der Waals surface area (Å²) in [5.74, 6) is 0.328. The highest BCUT2D eigenvalue weighted by Gasteiger charge is 2.23. The molecule has 4 heteroatoms. The lowest BCUT2D eigenvalue weighted by Crippen LogP contribution is -2.28. The van der Waals surface area contributed by atoms with E-state index >= 15 is 0 Å². The lowest BCUT2D eigenvalue weighted by Gasteiger charge is -2.17. The summed E-state index contributed by atoms with van der Waals surface area (Å²) in [5.41, 5.74) is 1.48. The molecule has 1 rings (SSSR count). The highest BCUT2D eigenvalue weighted by molar-refractivity contribution is 6.01. The van der Waals surface area contributed by atoms with Gasteiger partial charge in [-0.25, -0.2) is 0 Å². The Bertz CT molecular complexity index is 395. The van der Waals surface area contributed by atoms with Crippen LogP contribution in [0.5, 0.6) is 5.75 Å². The van der Waals surface area contributed by atoms with E-state index in [4.69, 9.17) is 14.2 Å². The van der Waals surface area contributed by atoms with Gasteiger partial charge in [0.15, 0.2) is 0 Å². The minimum Gasteiger partial charge on any atom is -0.496 e. The van der Waals surface area contributed by atoms with Crippen molar-refractivity contribution in [1.29, 1.82) is 0 Å². The Morgan fingerprint density at radius 3 is 2.33 bits per heavy atom. The lowest BCUT2D eigenvalue weighted by atomic mass is 10.1. The molecule has 0 aliphatic heterocycles. The maximum atomic E-state index is 12.3. The van der Waals surface area contributed by atoms with Gasteiger partial charge in [0.1, 0.15) is 5.75 Å². The first-order chi connectivity index (χ1) is 8.63. The molecular formula is C14H20O4. The summed E-state index contributed by atoms with van der Waals surface area (Å²) in [6.07, 6.45) is -0.865. The van der Waals surface area contributed by atoms with Crippen LogP contribution in [0.25, 0.3) is 0 Å². The number of methoxy groups -OCH3 is 1. The van der Waals surface area contributed by atoms with E-state index in [1.807, 2.05) is 26.8 Å². The Morgan fingerprint density at radius 2 is 1.83 bits per heavy atom. The molecule has 0 N–H and O–H groups in total. The van der Waals surface area contributed by atoms with E-state index in [9.17, 15) is 4.79 Å². The zero-order valence-corrected chi connectivity index (χ0v) is 11.4. The molecule has 18 heavy (non-hydrogen) atoms. The molecule has 0 aliphatic rings. The average Bonchev–Trinajstić information content (AvgIpc) is 2.37. The van der Waals surface area contributed by atoms with Gasteiger partial charge in [-0.05, 0) is 32.9 Å². The number of carbonyl (C=O) groups is 1. The summed E-state index contributed by atoms with van der Waals surface area (Å²) in [6.45, 7) is 6.42. The Labute approximate surface area is 108 Å². The van der Waals surface area contributed by atoms with Gasteiger partial charge in [-0.2, -0.15) is 0 Å². The Balaban J connectivity index is 3.02. The van der Waals surface area contributed by atoms with E-state index < -0.39 is 6.29 Å². The van der Waals surface area contributed by atoms with Crippen molar-refractivity contribution in [1.82, 2.24) is 0 Å². The van der Waals surface area contributed by atoms with Crippen molar-refractivity contribution in [3.05, 3.63) is 29.3 Å². The van der Waals surface area contributed by atoms with Gasteiger partial charge in [-0.3, -0.25) is 4.79 Å². The molecule has 0 bridgehead atoms. The second-order valence-corrected chi connectivity index (χ2v) is 3.81. The quantitative estimate of drug-likeness (QED) is 0.552. The van der Waals surface area contributed by atoms with Gasteiger partial charge in [0, 0.05) is 13.2 Å². The van der Waals surface area contributed by atoms with E-state index in [1.165, 1.54) is 7.11 Å². The molecule has 0 aliphatic carbocycles. The normalized spacial score (nSPS) is 10.7. The van der Waals surface area contributed by atoms with E-state index in [0.29, 0.717) is 24.5 Å². The number of hydrogen-bond acceptors (Lipinski definition) is 4. The van der Waals surface area contributed by atoms with Gasteiger partial charge in [0.25, 0.3) is 0 Å². The molecule has 0 atom stereocenters. The standard InChI is InChI=1S/C14H20O4/c1-5-17-14(18-6-2)13(15)11-9-10(3)7-8-12(11)16-4/h7-9,14H,5-6H2,1-4H3. The average molecular weight is 252 g/mol. The van der Waals surface area contributed by atoms with Crippen molar-refractivity contribution in [3.8, 4) is 5.75 Å². The summed E-state index contributed by atoms with van der Waals surface area (Å²) in [5, 5.41) is 0. The van der Waals surface area contributed by atoms with E-state index in [1.54, 1.807) is 12.1 Å². The first-order valence-electron chi connectivity index (χ1n) is 6.06. The van der Waals surface area contributed by atoms with Crippen LogP contribution in [0.1, 0.15) is 29.8 Å². The van der Waals surface area contributed by atoms with Crippen molar-refractivity contribution >= 4 is 5.78 Å². The molecule has 0 radical (unpaired) electrons. The zero-order chi connectivity index (χ0) is 13.5. The van der Waals surface area contributed by atoms with Gasteiger partial charge >= 0.3 is 0 Å². The molecule has 4 nitrogen and oxygen atoms in total. The molecule has 0 saturated heterocycles.